The summed E-state index contributed by atoms with van der Waals surface area (Å²) in [6, 6.07) is 1.91. The first-order chi connectivity index (χ1) is 8.90. The number of halogens is 2. The number of carbonyl (C=O) groups excluding carboxylic acids is 2. The van der Waals surface area contributed by atoms with Crippen molar-refractivity contribution in [3.8, 4) is 0 Å². The molecule has 1 rings (SSSR count). The number of nitrogens with zero attached hydrogens (tertiary/aromatic N) is 2. The summed E-state index contributed by atoms with van der Waals surface area (Å²) < 4.78 is 27.6. The van der Waals surface area contributed by atoms with Crippen LogP contribution in [0.2, 0.25) is 0 Å². The average Bonchev–Trinajstić information content (AvgIpc) is 2.35. The molecule has 0 unspecified atom stereocenters. The van der Waals surface area contributed by atoms with Crippen molar-refractivity contribution in [2.45, 2.75) is 6.92 Å². The van der Waals surface area contributed by atoms with Crippen LogP contribution in [0, 0.1) is 11.6 Å². The van der Waals surface area contributed by atoms with E-state index >= 15 is 0 Å². The van der Waals surface area contributed by atoms with Crippen LogP contribution in [0.5, 0.6) is 0 Å². The Morgan fingerprint density at radius 2 is 1.79 bits per heavy atom. The van der Waals surface area contributed by atoms with Gasteiger partial charge in [-0.15, -0.1) is 0 Å². The fraction of sp³-hybridized carbons (Fsp3) is 0.385. The zero-order valence-corrected chi connectivity index (χ0v) is 11.1. The number of likely N-dealkylation sites (N-methyl/N-ethyl adjacent to an activating group) is 2. The molecule has 4 nitrogen and oxygen atoms in total. The fourth-order valence-corrected chi connectivity index (χ4v) is 1.61. The lowest BCUT2D eigenvalue weighted by Gasteiger charge is -2.25. The highest BCUT2D eigenvalue weighted by Crippen LogP contribution is 2.24. The third-order valence-electron chi connectivity index (χ3n) is 2.70. The van der Waals surface area contributed by atoms with Crippen molar-refractivity contribution < 1.29 is 18.4 Å². The maximum absolute atomic E-state index is 13.8. The predicted octanol–water partition coefficient (Wildman–Crippen LogP) is 1.69. The van der Waals surface area contributed by atoms with Crippen molar-refractivity contribution in [2.75, 3.05) is 32.1 Å². The van der Waals surface area contributed by atoms with Crippen LogP contribution in [-0.4, -0.2) is 44.3 Å². The standard InChI is InChI=1S/C13H16F2N2O2/c1-4-17(7-12(19)16(2)3)13-10(14)5-9(8-18)6-11(13)15/h5-6,8H,4,7H2,1-3H3. The van der Waals surface area contributed by atoms with Crippen molar-refractivity contribution in [3.63, 3.8) is 0 Å². The van der Waals surface area contributed by atoms with Crippen LogP contribution in [0.3, 0.4) is 0 Å². The molecule has 0 spiro atoms. The Bertz CT molecular complexity index is 467. The Labute approximate surface area is 110 Å². The van der Waals surface area contributed by atoms with Gasteiger partial charge in [-0.2, -0.15) is 0 Å². The number of carbonyl (C=O) groups is 2. The molecule has 0 aliphatic heterocycles. The van der Waals surface area contributed by atoms with Gasteiger partial charge in [0.2, 0.25) is 5.91 Å². The van der Waals surface area contributed by atoms with Crippen LogP contribution in [-0.2, 0) is 4.79 Å². The summed E-state index contributed by atoms with van der Waals surface area (Å²) in [6.45, 7) is 1.83. The zero-order valence-electron chi connectivity index (χ0n) is 11.1. The minimum atomic E-state index is -0.851. The van der Waals surface area contributed by atoms with Gasteiger partial charge in [0.25, 0.3) is 0 Å². The summed E-state index contributed by atoms with van der Waals surface area (Å²) in [5.41, 5.74) is -0.364. The molecule has 0 N–H and O–H groups in total. The molecule has 1 aromatic carbocycles. The average molecular weight is 270 g/mol. The summed E-state index contributed by atoms with van der Waals surface area (Å²) >= 11 is 0. The third-order valence-corrected chi connectivity index (χ3v) is 2.70. The molecule has 0 saturated carbocycles. The van der Waals surface area contributed by atoms with Gasteiger partial charge in [0.05, 0.1) is 6.54 Å². The second-order valence-corrected chi connectivity index (χ2v) is 4.25. The van der Waals surface area contributed by atoms with E-state index in [1.54, 1.807) is 21.0 Å². The largest absolute Gasteiger partial charge is 0.358 e. The molecule has 1 aromatic rings. The molecule has 104 valence electrons. The Morgan fingerprint density at radius 3 is 2.16 bits per heavy atom. The van der Waals surface area contributed by atoms with E-state index in [0.29, 0.717) is 6.29 Å². The topological polar surface area (TPSA) is 40.6 Å². The zero-order chi connectivity index (χ0) is 14.6. The van der Waals surface area contributed by atoms with E-state index in [1.165, 1.54) is 9.80 Å². The van der Waals surface area contributed by atoms with Crippen LogP contribution in [0.15, 0.2) is 12.1 Å². The quantitative estimate of drug-likeness (QED) is 0.764. The minimum Gasteiger partial charge on any atom is -0.358 e. The molecule has 0 saturated heterocycles. The van der Waals surface area contributed by atoms with E-state index in [9.17, 15) is 18.4 Å². The van der Waals surface area contributed by atoms with Gasteiger partial charge in [0.1, 0.15) is 23.6 Å². The van der Waals surface area contributed by atoms with E-state index in [-0.39, 0.29) is 30.2 Å². The number of amides is 1. The van der Waals surface area contributed by atoms with E-state index < -0.39 is 11.6 Å². The van der Waals surface area contributed by atoms with Crippen LogP contribution in [0.4, 0.5) is 14.5 Å². The van der Waals surface area contributed by atoms with Gasteiger partial charge in [0, 0.05) is 26.2 Å². The van der Waals surface area contributed by atoms with Gasteiger partial charge in [-0.05, 0) is 19.1 Å². The fourth-order valence-electron chi connectivity index (χ4n) is 1.61. The van der Waals surface area contributed by atoms with E-state index in [0.717, 1.165) is 12.1 Å². The normalized spacial score (nSPS) is 10.2. The van der Waals surface area contributed by atoms with Crippen molar-refractivity contribution >= 4 is 17.9 Å². The molecule has 1 amide bonds. The number of aldehydes is 1. The van der Waals surface area contributed by atoms with Gasteiger partial charge < -0.3 is 9.80 Å². The highest BCUT2D eigenvalue weighted by molar-refractivity contribution is 5.82. The molecule has 0 heterocycles. The number of rotatable bonds is 5. The van der Waals surface area contributed by atoms with Crippen LogP contribution >= 0.6 is 0 Å². The van der Waals surface area contributed by atoms with E-state index in [1.807, 2.05) is 0 Å². The highest BCUT2D eigenvalue weighted by atomic mass is 19.1. The Hall–Kier alpha value is -1.98. The third kappa shape index (κ3) is 3.49. The molecule has 0 aliphatic rings. The van der Waals surface area contributed by atoms with Crippen LogP contribution in [0.25, 0.3) is 0 Å². The second kappa shape index (κ2) is 6.26. The van der Waals surface area contributed by atoms with E-state index in [2.05, 4.69) is 0 Å². The summed E-state index contributed by atoms with van der Waals surface area (Å²) in [5, 5.41) is 0. The first-order valence-electron chi connectivity index (χ1n) is 5.80. The number of hydrogen-bond donors (Lipinski definition) is 0. The van der Waals surface area contributed by atoms with Gasteiger partial charge in [0.15, 0.2) is 0 Å². The molecule has 6 heteroatoms. The molecule has 0 fully saturated rings. The van der Waals surface area contributed by atoms with Crippen LogP contribution < -0.4 is 4.90 Å². The highest BCUT2D eigenvalue weighted by Gasteiger charge is 2.19. The molecule has 0 aromatic heterocycles. The second-order valence-electron chi connectivity index (χ2n) is 4.25. The summed E-state index contributed by atoms with van der Waals surface area (Å²) in [5.74, 6) is -1.97. The monoisotopic (exact) mass is 270 g/mol. The maximum atomic E-state index is 13.8. The molecule has 19 heavy (non-hydrogen) atoms. The lowest BCUT2D eigenvalue weighted by molar-refractivity contribution is -0.127. The molecule has 0 atom stereocenters. The first kappa shape index (κ1) is 15.1. The van der Waals surface area contributed by atoms with Crippen LogP contribution in [0.1, 0.15) is 17.3 Å². The van der Waals surface area contributed by atoms with Crippen molar-refractivity contribution in [3.05, 3.63) is 29.3 Å². The lowest BCUT2D eigenvalue weighted by Crippen LogP contribution is -2.37. The molecule has 0 radical (unpaired) electrons. The van der Waals surface area contributed by atoms with Crippen molar-refractivity contribution in [2.24, 2.45) is 0 Å². The summed E-state index contributed by atoms with van der Waals surface area (Å²) in [4.78, 5) is 24.8. The van der Waals surface area contributed by atoms with Gasteiger partial charge in [-0.1, -0.05) is 0 Å². The maximum Gasteiger partial charge on any atom is 0.241 e. The molecular formula is C13H16F2N2O2. The van der Waals surface area contributed by atoms with Gasteiger partial charge in [-0.25, -0.2) is 8.78 Å². The lowest BCUT2D eigenvalue weighted by atomic mass is 10.2. The first-order valence-corrected chi connectivity index (χ1v) is 5.80. The van der Waals surface area contributed by atoms with Crippen molar-refractivity contribution in [1.82, 2.24) is 4.90 Å². The summed E-state index contributed by atoms with van der Waals surface area (Å²) in [6.07, 6.45) is 0.372. The van der Waals surface area contributed by atoms with Gasteiger partial charge >= 0.3 is 0 Å². The number of hydrogen-bond acceptors (Lipinski definition) is 3. The smallest absolute Gasteiger partial charge is 0.241 e. The number of anilines is 1. The number of benzene rings is 1. The van der Waals surface area contributed by atoms with Crippen molar-refractivity contribution in [1.29, 1.82) is 0 Å². The Kier molecular flexibility index (Phi) is 4.97. The Morgan fingerprint density at radius 1 is 1.26 bits per heavy atom. The molecular weight excluding hydrogens is 254 g/mol. The SMILES string of the molecule is CCN(CC(=O)N(C)C)c1c(F)cc(C=O)cc1F. The van der Waals surface area contributed by atoms with E-state index in [4.69, 9.17) is 0 Å². The summed E-state index contributed by atoms with van der Waals surface area (Å²) in [7, 11) is 3.14. The molecule has 0 aliphatic carbocycles. The molecule has 0 bridgehead atoms. The minimum absolute atomic E-state index is 0.0752. The van der Waals surface area contributed by atoms with Gasteiger partial charge in [-0.3, -0.25) is 9.59 Å². The Balaban J connectivity index is 3.11. The predicted molar refractivity (Wildman–Crippen MR) is 68.3 cm³/mol.